The molecule has 2 N–H and O–H groups in total. The molecule has 2 fully saturated rings. The molecule has 0 bridgehead atoms. The summed E-state index contributed by atoms with van der Waals surface area (Å²) >= 11 is 0. The van der Waals surface area contributed by atoms with E-state index < -0.39 is 20.0 Å². The monoisotopic (exact) mass is 387 g/mol. The van der Waals surface area contributed by atoms with Gasteiger partial charge < -0.3 is 5.32 Å². The smallest absolute Gasteiger partial charge is 0.244 e. The van der Waals surface area contributed by atoms with Gasteiger partial charge in [0, 0.05) is 25.2 Å². The van der Waals surface area contributed by atoms with Crippen molar-refractivity contribution >= 4 is 20.0 Å². The number of hydrogen-bond acceptors (Lipinski definition) is 5. The zero-order chi connectivity index (χ0) is 18.1. The molecule has 2 atom stereocenters. The van der Waals surface area contributed by atoms with Gasteiger partial charge in [-0.3, -0.25) is 0 Å². The molecular weight excluding hydrogens is 362 g/mol. The summed E-state index contributed by atoms with van der Waals surface area (Å²) in [4.78, 5) is -0.305. The summed E-state index contributed by atoms with van der Waals surface area (Å²) in [6, 6.07) is 5.62. The zero-order valence-corrected chi connectivity index (χ0v) is 15.9. The van der Waals surface area contributed by atoms with Crippen LogP contribution < -0.4 is 10.0 Å². The number of nitrogens with zero attached hydrogens (tertiary/aromatic N) is 1. The topological polar surface area (TPSA) is 95.6 Å². The molecule has 3 rings (SSSR count). The molecule has 1 aromatic carbocycles. The summed E-state index contributed by atoms with van der Waals surface area (Å²) in [5.74, 6) is 0. The van der Waals surface area contributed by atoms with E-state index >= 15 is 0 Å². The third-order valence-electron chi connectivity index (χ3n) is 4.89. The predicted octanol–water partition coefficient (Wildman–Crippen LogP) is 0.890. The minimum Gasteiger partial charge on any atom is -0.313 e. The van der Waals surface area contributed by atoms with E-state index in [0.29, 0.717) is 13.1 Å². The molecule has 0 saturated carbocycles. The second-order valence-corrected chi connectivity index (χ2v) is 10.3. The Hall–Kier alpha value is -1.00. The minimum absolute atomic E-state index is 0.00544. The van der Waals surface area contributed by atoms with Gasteiger partial charge in [-0.2, -0.15) is 4.31 Å². The first-order valence-electron chi connectivity index (χ1n) is 8.67. The van der Waals surface area contributed by atoms with E-state index in [-0.39, 0.29) is 21.9 Å². The van der Waals surface area contributed by atoms with Gasteiger partial charge >= 0.3 is 0 Å². The maximum Gasteiger partial charge on any atom is 0.244 e. The molecule has 0 aliphatic carbocycles. The van der Waals surface area contributed by atoms with E-state index in [1.165, 1.54) is 16.4 Å². The van der Waals surface area contributed by atoms with Crippen molar-refractivity contribution in [3.63, 3.8) is 0 Å². The van der Waals surface area contributed by atoms with Crippen molar-refractivity contribution in [2.45, 2.75) is 54.5 Å². The lowest BCUT2D eigenvalue weighted by molar-refractivity contribution is 0.348. The maximum atomic E-state index is 12.9. The number of nitrogens with one attached hydrogen (secondary N) is 2. The SMILES string of the molecule is CC1NCCCC1NS(=O)(=O)c1ccccc1S(=O)(=O)N1CCCC1. The number of hydrogen-bond donors (Lipinski definition) is 2. The molecule has 140 valence electrons. The molecule has 9 heteroatoms. The third-order valence-corrected chi connectivity index (χ3v) is 8.52. The standard InChI is InChI=1S/C16H25N3O4S2/c1-13-14(7-6-10-17-13)18-24(20,21)15-8-2-3-9-16(15)25(22,23)19-11-4-5-12-19/h2-3,8-9,13-14,17-18H,4-7,10-12H2,1H3. The molecule has 2 heterocycles. The summed E-state index contributed by atoms with van der Waals surface area (Å²) in [5.41, 5.74) is 0. The highest BCUT2D eigenvalue weighted by atomic mass is 32.2. The molecule has 2 saturated heterocycles. The van der Waals surface area contributed by atoms with Crippen molar-refractivity contribution in [3.05, 3.63) is 24.3 Å². The van der Waals surface area contributed by atoms with Crippen LogP contribution in [-0.2, 0) is 20.0 Å². The highest BCUT2D eigenvalue weighted by molar-refractivity contribution is 7.92. The molecule has 0 radical (unpaired) electrons. The summed E-state index contributed by atoms with van der Waals surface area (Å²) in [5, 5.41) is 3.24. The third kappa shape index (κ3) is 3.90. The van der Waals surface area contributed by atoms with Crippen molar-refractivity contribution in [2.24, 2.45) is 0 Å². The molecule has 0 aromatic heterocycles. The van der Waals surface area contributed by atoms with Crippen molar-refractivity contribution in [2.75, 3.05) is 19.6 Å². The second kappa shape index (κ2) is 7.32. The number of sulfonamides is 2. The summed E-state index contributed by atoms with van der Waals surface area (Å²) < 4.78 is 55.6. The number of rotatable bonds is 5. The van der Waals surface area contributed by atoms with Gasteiger partial charge in [0.25, 0.3) is 0 Å². The van der Waals surface area contributed by atoms with Gasteiger partial charge in [0.2, 0.25) is 20.0 Å². The zero-order valence-electron chi connectivity index (χ0n) is 14.3. The molecule has 0 spiro atoms. The van der Waals surface area contributed by atoms with Crippen LogP contribution in [0.1, 0.15) is 32.6 Å². The average Bonchev–Trinajstić information content (AvgIpc) is 3.12. The van der Waals surface area contributed by atoms with Crippen LogP contribution in [0.2, 0.25) is 0 Å². The Labute approximate surface area is 149 Å². The van der Waals surface area contributed by atoms with Gasteiger partial charge in [-0.05, 0) is 51.3 Å². The Balaban J connectivity index is 1.94. The van der Waals surface area contributed by atoms with Crippen molar-refractivity contribution in [1.29, 1.82) is 0 Å². The van der Waals surface area contributed by atoms with Gasteiger partial charge in [-0.25, -0.2) is 21.6 Å². The quantitative estimate of drug-likeness (QED) is 0.782. The fourth-order valence-electron chi connectivity index (χ4n) is 3.42. The average molecular weight is 388 g/mol. The second-order valence-electron chi connectivity index (χ2n) is 6.67. The molecule has 2 aliphatic heterocycles. The fraction of sp³-hybridized carbons (Fsp3) is 0.625. The van der Waals surface area contributed by atoms with Crippen LogP contribution in [0.5, 0.6) is 0 Å². The highest BCUT2D eigenvalue weighted by Crippen LogP contribution is 2.27. The van der Waals surface area contributed by atoms with Crippen molar-refractivity contribution in [1.82, 2.24) is 14.3 Å². The Morgan fingerprint density at radius 3 is 2.32 bits per heavy atom. The highest BCUT2D eigenvalue weighted by Gasteiger charge is 2.34. The maximum absolute atomic E-state index is 12.9. The Morgan fingerprint density at radius 2 is 1.68 bits per heavy atom. The molecule has 2 aliphatic rings. The van der Waals surface area contributed by atoms with Crippen LogP contribution in [0.4, 0.5) is 0 Å². The lowest BCUT2D eigenvalue weighted by Gasteiger charge is -2.30. The lowest BCUT2D eigenvalue weighted by atomic mass is 10.0. The van der Waals surface area contributed by atoms with E-state index in [1.54, 1.807) is 12.1 Å². The Bertz CT molecular complexity index is 818. The van der Waals surface area contributed by atoms with E-state index in [4.69, 9.17) is 0 Å². The fourth-order valence-corrected chi connectivity index (χ4v) is 7.09. The van der Waals surface area contributed by atoms with Gasteiger partial charge in [0.05, 0.1) is 0 Å². The Kier molecular flexibility index (Phi) is 5.50. The van der Waals surface area contributed by atoms with Gasteiger partial charge in [0.1, 0.15) is 9.79 Å². The molecule has 1 aromatic rings. The van der Waals surface area contributed by atoms with Crippen LogP contribution in [0.25, 0.3) is 0 Å². The van der Waals surface area contributed by atoms with Gasteiger partial charge in [-0.15, -0.1) is 0 Å². The molecule has 2 unspecified atom stereocenters. The van der Waals surface area contributed by atoms with Crippen LogP contribution >= 0.6 is 0 Å². The first kappa shape index (κ1) is 18.8. The van der Waals surface area contributed by atoms with Gasteiger partial charge in [-0.1, -0.05) is 12.1 Å². The Morgan fingerprint density at radius 1 is 1.04 bits per heavy atom. The largest absolute Gasteiger partial charge is 0.313 e. The first-order valence-corrected chi connectivity index (χ1v) is 11.6. The predicted molar refractivity (Wildman–Crippen MR) is 95.2 cm³/mol. The van der Waals surface area contributed by atoms with Crippen molar-refractivity contribution in [3.8, 4) is 0 Å². The number of piperidine rings is 1. The van der Waals surface area contributed by atoms with Crippen LogP contribution in [0.15, 0.2) is 34.1 Å². The molecule has 7 nitrogen and oxygen atoms in total. The lowest BCUT2D eigenvalue weighted by Crippen LogP contribution is -2.51. The molecular formula is C16H25N3O4S2. The van der Waals surface area contributed by atoms with Crippen LogP contribution in [-0.4, -0.2) is 52.9 Å². The number of benzene rings is 1. The normalized spacial score (nSPS) is 26.0. The van der Waals surface area contributed by atoms with Crippen LogP contribution in [0, 0.1) is 0 Å². The van der Waals surface area contributed by atoms with E-state index in [9.17, 15) is 16.8 Å². The first-order chi connectivity index (χ1) is 11.8. The summed E-state index contributed by atoms with van der Waals surface area (Å²) in [7, 11) is -7.74. The van der Waals surface area contributed by atoms with E-state index in [0.717, 1.165) is 32.2 Å². The summed E-state index contributed by atoms with van der Waals surface area (Å²) in [6.45, 7) is 3.67. The van der Waals surface area contributed by atoms with E-state index in [2.05, 4.69) is 10.0 Å². The van der Waals surface area contributed by atoms with E-state index in [1.807, 2.05) is 6.92 Å². The van der Waals surface area contributed by atoms with Crippen LogP contribution in [0.3, 0.4) is 0 Å². The molecule has 25 heavy (non-hydrogen) atoms. The van der Waals surface area contributed by atoms with Gasteiger partial charge in [0.15, 0.2) is 0 Å². The minimum atomic E-state index is -3.93. The molecule has 0 amide bonds. The summed E-state index contributed by atoms with van der Waals surface area (Å²) in [6.07, 6.45) is 3.22. The van der Waals surface area contributed by atoms with Crippen molar-refractivity contribution < 1.29 is 16.8 Å².